The summed E-state index contributed by atoms with van der Waals surface area (Å²) in [6.07, 6.45) is 1.93. The van der Waals surface area contributed by atoms with Crippen LogP contribution in [0, 0.1) is 0 Å². The van der Waals surface area contributed by atoms with Gasteiger partial charge in [0.15, 0.2) is 11.5 Å². The summed E-state index contributed by atoms with van der Waals surface area (Å²) in [4.78, 5) is 25.7. The van der Waals surface area contributed by atoms with E-state index in [-0.39, 0.29) is 17.3 Å². The molecule has 2 aromatic rings. The van der Waals surface area contributed by atoms with Crippen molar-refractivity contribution in [2.24, 2.45) is 0 Å². The van der Waals surface area contributed by atoms with E-state index < -0.39 is 17.9 Å². The lowest BCUT2D eigenvalue weighted by Gasteiger charge is -2.21. The summed E-state index contributed by atoms with van der Waals surface area (Å²) in [5.41, 5.74) is 1.55. The van der Waals surface area contributed by atoms with Gasteiger partial charge in [-0.05, 0) is 36.3 Å². The highest BCUT2D eigenvalue weighted by molar-refractivity contribution is 8.26. The number of benzene rings is 2. The topological polar surface area (TPSA) is 76.1 Å². The number of carbonyl (C=O) groups excluding carboxylic acids is 1. The maximum atomic E-state index is 12.8. The number of hydrogen-bond acceptors (Lipinski definition) is 6. The van der Waals surface area contributed by atoms with Gasteiger partial charge in [0.25, 0.3) is 5.91 Å². The first kappa shape index (κ1) is 23.1. The molecule has 1 amide bonds. The third-order valence-electron chi connectivity index (χ3n) is 4.63. The minimum atomic E-state index is -1.08. The number of carbonyl (C=O) groups is 2. The van der Waals surface area contributed by atoms with E-state index in [1.54, 1.807) is 37.3 Å². The van der Waals surface area contributed by atoms with Crippen molar-refractivity contribution < 1.29 is 24.2 Å². The van der Waals surface area contributed by atoms with Crippen molar-refractivity contribution >= 4 is 57.9 Å². The molecule has 2 aromatic carbocycles. The number of thioether (sulfide) groups is 1. The first-order valence-electron chi connectivity index (χ1n) is 9.39. The maximum absolute atomic E-state index is 12.8. The van der Waals surface area contributed by atoms with Crippen molar-refractivity contribution in [2.45, 2.75) is 26.0 Å². The molecule has 1 unspecified atom stereocenters. The van der Waals surface area contributed by atoms with Crippen molar-refractivity contribution in [3.8, 4) is 11.5 Å². The number of carboxylic acids is 1. The van der Waals surface area contributed by atoms with Crippen LogP contribution >= 0.6 is 35.6 Å². The number of carboxylic acid groups (broad SMARTS) is 1. The average Bonchev–Trinajstić information content (AvgIpc) is 3.02. The van der Waals surface area contributed by atoms with Crippen molar-refractivity contribution in [3.05, 3.63) is 63.5 Å². The molecule has 0 radical (unpaired) electrons. The van der Waals surface area contributed by atoms with Crippen LogP contribution in [0.5, 0.6) is 11.5 Å². The minimum absolute atomic E-state index is 0.233. The number of rotatable bonds is 8. The number of halogens is 1. The fourth-order valence-corrected chi connectivity index (χ4v) is 4.58. The fraction of sp³-hybridized carbons (Fsp3) is 0.227. The Hall–Kier alpha value is -2.55. The average molecular weight is 478 g/mol. The van der Waals surface area contributed by atoms with E-state index in [0.29, 0.717) is 27.0 Å². The van der Waals surface area contributed by atoms with Crippen LogP contribution in [0.3, 0.4) is 0 Å². The van der Waals surface area contributed by atoms with Crippen LogP contribution < -0.4 is 9.47 Å². The first-order chi connectivity index (χ1) is 14.8. The van der Waals surface area contributed by atoms with Gasteiger partial charge in [0.2, 0.25) is 0 Å². The SMILES string of the molecule is CCC(C(=O)O)N1C(=O)/C(=C/c2ccc(OCc3ccccc3Cl)c(OC)c2)SC1=S. The summed E-state index contributed by atoms with van der Waals surface area (Å²) >= 11 is 12.5. The Bertz CT molecular complexity index is 1060. The summed E-state index contributed by atoms with van der Waals surface area (Å²) in [7, 11) is 1.53. The summed E-state index contributed by atoms with van der Waals surface area (Å²) in [5.74, 6) is -0.471. The Morgan fingerprint density at radius 3 is 2.68 bits per heavy atom. The Kier molecular flexibility index (Phi) is 7.59. The van der Waals surface area contributed by atoms with Gasteiger partial charge >= 0.3 is 5.97 Å². The van der Waals surface area contributed by atoms with Crippen LogP contribution in [-0.4, -0.2) is 39.4 Å². The molecule has 162 valence electrons. The second kappa shape index (κ2) is 10.2. The Morgan fingerprint density at radius 2 is 2.03 bits per heavy atom. The van der Waals surface area contributed by atoms with E-state index in [1.807, 2.05) is 18.2 Å². The van der Waals surface area contributed by atoms with Gasteiger partial charge in [0.1, 0.15) is 17.0 Å². The highest BCUT2D eigenvalue weighted by Gasteiger charge is 2.39. The Labute approximate surface area is 194 Å². The van der Waals surface area contributed by atoms with Gasteiger partial charge in [-0.2, -0.15) is 0 Å². The lowest BCUT2D eigenvalue weighted by molar-refractivity contribution is -0.145. The summed E-state index contributed by atoms with van der Waals surface area (Å²) in [6.45, 7) is 1.98. The van der Waals surface area contributed by atoms with Crippen LogP contribution in [0.2, 0.25) is 5.02 Å². The molecule has 9 heteroatoms. The molecule has 0 aromatic heterocycles. The molecule has 6 nitrogen and oxygen atoms in total. The van der Waals surface area contributed by atoms with Gasteiger partial charge in [0, 0.05) is 10.6 Å². The predicted octanol–water partition coefficient (Wildman–Crippen LogP) is 4.99. The molecule has 1 atom stereocenters. The highest BCUT2D eigenvalue weighted by Crippen LogP contribution is 2.36. The summed E-state index contributed by atoms with van der Waals surface area (Å²) in [6, 6.07) is 11.7. The molecule has 31 heavy (non-hydrogen) atoms. The van der Waals surface area contributed by atoms with E-state index in [1.165, 1.54) is 7.11 Å². The number of amides is 1. The molecule has 3 rings (SSSR count). The number of nitrogens with zero attached hydrogens (tertiary/aromatic N) is 1. The lowest BCUT2D eigenvalue weighted by atomic mass is 10.1. The lowest BCUT2D eigenvalue weighted by Crippen LogP contribution is -2.43. The van der Waals surface area contributed by atoms with Gasteiger partial charge in [-0.25, -0.2) is 4.79 Å². The van der Waals surface area contributed by atoms with Gasteiger partial charge < -0.3 is 14.6 Å². The molecule has 1 aliphatic rings. The van der Waals surface area contributed by atoms with E-state index >= 15 is 0 Å². The summed E-state index contributed by atoms with van der Waals surface area (Å²) < 4.78 is 11.5. The van der Waals surface area contributed by atoms with Gasteiger partial charge in [0.05, 0.1) is 12.0 Å². The normalized spacial score (nSPS) is 16.0. The highest BCUT2D eigenvalue weighted by atomic mass is 35.5. The smallest absolute Gasteiger partial charge is 0.326 e. The standard InChI is InChI=1S/C22H20ClNO5S2/c1-3-16(21(26)27)24-20(25)19(31-22(24)30)11-13-8-9-17(18(10-13)28-2)29-12-14-6-4-5-7-15(14)23/h4-11,16H,3,12H2,1-2H3,(H,26,27)/b19-11-. The van der Waals surface area contributed by atoms with Gasteiger partial charge in [-0.3, -0.25) is 9.69 Å². The summed E-state index contributed by atoms with van der Waals surface area (Å²) in [5, 5.41) is 9.99. The number of ether oxygens (including phenoxy) is 2. The third kappa shape index (κ3) is 5.20. The van der Waals surface area contributed by atoms with Crippen LogP contribution in [0.15, 0.2) is 47.4 Å². The Balaban J connectivity index is 1.80. The molecule has 0 saturated carbocycles. The fourth-order valence-electron chi connectivity index (χ4n) is 3.03. The third-order valence-corrected chi connectivity index (χ3v) is 6.33. The number of aliphatic carboxylic acids is 1. The van der Waals surface area contributed by atoms with Gasteiger partial charge in [-0.1, -0.05) is 66.8 Å². The van der Waals surface area contributed by atoms with E-state index in [2.05, 4.69) is 0 Å². The molecular weight excluding hydrogens is 458 g/mol. The molecular formula is C22H20ClNO5S2. The number of methoxy groups -OCH3 is 1. The molecule has 0 aliphatic carbocycles. The van der Waals surface area contributed by atoms with Crippen molar-refractivity contribution in [2.75, 3.05) is 7.11 Å². The zero-order chi connectivity index (χ0) is 22.5. The molecule has 1 heterocycles. The quantitative estimate of drug-likeness (QED) is 0.424. The monoisotopic (exact) mass is 477 g/mol. The van der Waals surface area contributed by atoms with E-state index in [4.69, 9.17) is 33.3 Å². The van der Waals surface area contributed by atoms with Gasteiger partial charge in [-0.15, -0.1) is 0 Å². The van der Waals surface area contributed by atoms with Crippen LogP contribution in [0.4, 0.5) is 0 Å². The molecule has 1 saturated heterocycles. The number of thiocarbonyl (C=S) groups is 1. The molecule has 1 N–H and O–H groups in total. The first-order valence-corrected chi connectivity index (χ1v) is 11.0. The number of hydrogen-bond donors (Lipinski definition) is 1. The van der Waals surface area contributed by atoms with Crippen LogP contribution in [0.1, 0.15) is 24.5 Å². The Morgan fingerprint density at radius 1 is 1.29 bits per heavy atom. The van der Waals surface area contributed by atoms with Crippen molar-refractivity contribution in [1.29, 1.82) is 0 Å². The zero-order valence-electron chi connectivity index (χ0n) is 16.8. The van der Waals surface area contributed by atoms with E-state index in [0.717, 1.165) is 22.2 Å². The van der Waals surface area contributed by atoms with Crippen LogP contribution in [-0.2, 0) is 16.2 Å². The second-order valence-corrected chi connectivity index (χ2v) is 8.69. The van der Waals surface area contributed by atoms with E-state index in [9.17, 15) is 14.7 Å². The zero-order valence-corrected chi connectivity index (χ0v) is 19.2. The maximum Gasteiger partial charge on any atom is 0.326 e. The molecule has 1 fully saturated rings. The minimum Gasteiger partial charge on any atom is -0.493 e. The van der Waals surface area contributed by atoms with Crippen molar-refractivity contribution in [1.82, 2.24) is 4.90 Å². The molecule has 0 spiro atoms. The second-order valence-electron chi connectivity index (χ2n) is 6.60. The predicted molar refractivity (Wildman–Crippen MR) is 126 cm³/mol. The molecule has 0 bridgehead atoms. The largest absolute Gasteiger partial charge is 0.493 e. The van der Waals surface area contributed by atoms with Crippen molar-refractivity contribution in [3.63, 3.8) is 0 Å². The molecule has 1 aliphatic heterocycles. The van der Waals surface area contributed by atoms with Crippen LogP contribution in [0.25, 0.3) is 6.08 Å².